The lowest BCUT2D eigenvalue weighted by Gasteiger charge is -2.34. The molecule has 0 aliphatic carbocycles. The highest BCUT2D eigenvalue weighted by atomic mass is 16.3. The van der Waals surface area contributed by atoms with Crippen LogP contribution in [0.1, 0.15) is 25.3 Å². The van der Waals surface area contributed by atoms with E-state index in [1.165, 1.54) is 16.3 Å². The number of nitrogens with one attached hydrogen (secondary N) is 1. The second kappa shape index (κ2) is 7.67. The summed E-state index contributed by atoms with van der Waals surface area (Å²) in [5.74, 6) is 0.199. The Morgan fingerprint density at radius 1 is 1.29 bits per heavy atom. The van der Waals surface area contributed by atoms with Gasteiger partial charge in [0.05, 0.1) is 6.10 Å². The van der Waals surface area contributed by atoms with Crippen LogP contribution in [-0.2, 0) is 6.42 Å². The first-order chi connectivity index (χ1) is 11.6. The number of rotatable bonds is 4. The van der Waals surface area contributed by atoms with Gasteiger partial charge in [0.2, 0.25) is 0 Å². The lowest BCUT2D eigenvalue weighted by atomic mass is 9.94. The molecular formula is C20H26N2O2. The van der Waals surface area contributed by atoms with Crippen molar-refractivity contribution in [1.29, 1.82) is 0 Å². The first-order valence-corrected chi connectivity index (χ1v) is 8.82. The summed E-state index contributed by atoms with van der Waals surface area (Å²) in [7, 11) is 0. The van der Waals surface area contributed by atoms with Crippen molar-refractivity contribution in [2.24, 2.45) is 5.92 Å². The van der Waals surface area contributed by atoms with E-state index >= 15 is 0 Å². The Labute approximate surface area is 143 Å². The van der Waals surface area contributed by atoms with E-state index in [9.17, 15) is 9.90 Å². The maximum absolute atomic E-state index is 12.3. The van der Waals surface area contributed by atoms with Crippen molar-refractivity contribution in [2.75, 3.05) is 19.6 Å². The number of amides is 2. The molecule has 1 saturated heterocycles. The Balaban J connectivity index is 1.50. The Hall–Kier alpha value is -2.07. The maximum Gasteiger partial charge on any atom is 0.317 e. The number of hydrogen-bond acceptors (Lipinski definition) is 2. The third-order valence-corrected chi connectivity index (χ3v) is 4.93. The first-order valence-electron chi connectivity index (χ1n) is 8.82. The summed E-state index contributed by atoms with van der Waals surface area (Å²) in [5.41, 5.74) is 1.23. The van der Waals surface area contributed by atoms with Gasteiger partial charge < -0.3 is 15.3 Å². The average Bonchev–Trinajstić information content (AvgIpc) is 2.61. The summed E-state index contributed by atoms with van der Waals surface area (Å²) < 4.78 is 0. The topological polar surface area (TPSA) is 52.6 Å². The summed E-state index contributed by atoms with van der Waals surface area (Å²) in [6, 6.07) is 14.7. The quantitative estimate of drug-likeness (QED) is 0.906. The van der Waals surface area contributed by atoms with Crippen molar-refractivity contribution in [2.45, 2.75) is 32.3 Å². The minimum atomic E-state index is -0.349. The second-order valence-electron chi connectivity index (χ2n) is 6.75. The van der Waals surface area contributed by atoms with Crippen molar-refractivity contribution >= 4 is 16.8 Å². The van der Waals surface area contributed by atoms with Crippen LogP contribution in [0.4, 0.5) is 4.79 Å². The molecule has 0 spiro atoms. The van der Waals surface area contributed by atoms with Gasteiger partial charge in [0, 0.05) is 25.6 Å². The van der Waals surface area contributed by atoms with Crippen molar-refractivity contribution in [1.82, 2.24) is 10.2 Å². The zero-order chi connectivity index (χ0) is 16.9. The molecule has 0 radical (unpaired) electrons. The highest BCUT2D eigenvalue weighted by Crippen LogP contribution is 2.19. The number of urea groups is 1. The molecule has 2 amide bonds. The lowest BCUT2D eigenvalue weighted by Crippen LogP contribution is -2.47. The molecule has 0 aromatic heterocycles. The van der Waals surface area contributed by atoms with E-state index in [0.717, 1.165) is 25.8 Å². The molecule has 1 fully saturated rings. The minimum absolute atomic E-state index is 0.0128. The molecule has 0 bridgehead atoms. The molecule has 2 atom stereocenters. The van der Waals surface area contributed by atoms with Gasteiger partial charge in [-0.2, -0.15) is 0 Å². The van der Waals surface area contributed by atoms with Gasteiger partial charge in [-0.15, -0.1) is 0 Å². The van der Waals surface area contributed by atoms with Crippen LogP contribution >= 0.6 is 0 Å². The van der Waals surface area contributed by atoms with Crippen LogP contribution in [0.2, 0.25) is 0 Å². The summed E-state index contributed by atoms with van der Waals surface area (Å²) >= 11 is 0. The van der Waals surface area contributed by atoms with E-state index in [1.54, 1.807) is 0 Å². The van der Waals surface area contributed by atoms with Crippen LogP contribution in [0.5, 0.6) is 0 Å². The number of carbonyl (C=O) groups is 1. The monoisotopic (exact) mass is 326 g/mol. The molecule has 1 heterocycles. The van der Waals surface area contributed by atoms with Gasteiger partial charge in [0.15, 0.2) is 0 Å². The van der Waals surface area contributed by atoms with Crippen LogP contribution in [0.25, 0.3) is 10.8 Å². The second-order valence-corrected chi connectivity index (χ2v) is 6.75. The predicted octanol–water partition coefficient (Wildman–Crippen LogP) is 3.18. The number of piperidine rings is 1. The number of aliphatic hydroxyl groups excluding tert-OH is 1. The molecule has 128 valence electrons. The van der Waals surface area contributed by atoms with Crippen molar-refractivity contribution in [3.8, 4) is 0 Å². The van der Waals surface area contributed by atoms with Gasteiger partial charge in [-0.25, -0.2) is 4.79 Å². The van der Waals surface area contributed by atoms with Gasteiger partial charge >= 0.3 is 6.03 Å². The van der Waals surface area contributed by atoms with E-state index in [2.05, 4.69) is 35.6 Å². The van der Waals surface area contributed by atoms with E-state index < -0.39 is 0 Å². The SMILES string of the molecule is C[C@@H](O)[C@H]1CCCN(C(=O)NCCc2ccc3ccccc3c2)C1. The van der Waals surface area contributed by atoms with Crippen molar-refractivity contribution in [3.63, 3.8) is 0 Å². The van der Waals surface area contributed by atoms with Crippen LogP contribution in [-0.4, -0.2) is 41.8 Å². The summed E-state index contributed by atoms with van der Waals surface area (Å²) in [6.07, 6.45) is 2.44. The normalized spacial score (nSPS) is 19.2. The van der Waals surface area contributed by atoms with E-state index in [4.69, 9.17) is 0 Å². The van der Waals surface area contributed by atoms with Crippen molar-refractivity contribution < 1.29 is 9.90 Å². The smallest absolute Gasteiger partial charge is 0.317 e. The standard InChI is InChI=1S/C20H26N2O2/c1-15(23)19-7-4-12-22(14-19)20(24)21-11-10-16-8-9-17-5-2-3-6-18(17)13-16/h2-3,5-6,8-9,13,15,19,23H,4,7,10-12,14H2,1H3,(H,21,24)/t15-,19+/m1/s1. The summed E-state index contributed by atoms with van der Waals surface area (Å²) in [5, 5.41) is 15.2. The van der Waals surface area contributed by atoms with Gasteiger partial charge in [-0.1, -0.05) is 42.5 Å². The van der Waals surface area contributed by atoms with E-state index in [0.29, 0.717) is 13.1 Å². The molecule has 1 aliphatic heterocycles. The molecule has 2 aromatic rings. The molecule has 3 rings (SSSR count). The fraction of sp³-hybridized carbons (Fsp3) is 0.450. The third-order valence-electron chi connectivity index (χ3n) is 4.93. The van der Waals surface area contributed by atoms with E-state index in [1.807, 2.05) is 24.0 Å². The zero-order valence-electron chi connectivity index (χ0n) is 14.2. The number of aliphatic hydroxyl groups is 1. The maximum atomic E-state index is 12.3. The highest BCUT2D eigenvalue weighted by molar-refractivity contribution is 5.83. The van der Waals surface area contributed by atoms with Gasteiger partial charge in [0.25, 0.3) is 0 Å². The molecule has 1 aliphatic rings. The van der Waals surface area contributed by atoms with Gasteiger partial charge in [-0.05, 0) is 42.5 Å². The molecule has 4 nitrogen and oxygen atoms in total. The number of likely N-dealkylation sites (tertiary alicyclic amines) is 1. The van der Waals surface area contributed by atoms with Gasteiger partial charge in [-0.3, -0.25) is 0 Å². The number of nitrogens with zero attached hydrogens (tertiary/aromatic N) is 1. The van der Waals surface area contributed by atoms with Crippen LogP contribution < -0.4 is 5.32 Å². The zero-order valence-corrected chi connectivity index (χ0v) is 14.2. The van der Waals surface area contributed by atoms with Crippen molar-refractivity contribution in [3.05, 3.63) is 48.0 Å². The summed E-state index contributed by atoms with van der Waals surface area (Å²) in [6.45, 7) is 3.88. The molecular weight excluding hydrogens is 300 g/mol. The highest BCUT2D eigenvalue weighted by Gasteiger charge is 2.26. The lowest BCUT2D eigenvalue weighted by molar-refractivity contribution is 0.0740. The predicted molar refractivity (Wildman–Crippen MR) is 97.0 cm³/mol. The Morgan fingerprint density at radius 3 is 2.88 bits per heavy atom. The number of hydrogen-bond donors (Lipinski definition) is 2. The molecule has 2 aromatic carbocycles. The average molecular weight is 326 g/mol. The fourth-order valence-electron chi connectivity index (χ4n) is 3.41. The van der Waals surface area contributed by atoms with E-state index in [-0.39, 0.29) is 18.1 Å². The Morgan fingerprint density at radius 2 is 2.08 bits per heavy atom. The minimum Gasteiger partial charge on any atom is -0.393 e. The van der Waals surface area contributed by atoms with Crippen LogP contribution in [0.15, 0.2) is 42.5 Å². The Bertz CT molecular complexity index is 699. The molecule has 4 heteroatoms. The fourth-order valence-corrected chi connectivity index (χ4v) is 3.41. The van der Waals surface area contributed by atoms with Crippen LogP contribution in [0.3, 0.4) is 0 Å². The number of carbonyl (C=O) groups excluding carboxylic acids is 1. The summed E-state index contributed by atoms with van der Waals surface area (Å²) in [4.78, 5) is 14.1. The molecule has 2 N–H and O–H groups in total. The van der Waals surface area contributed by atoms with Crippen LogP contribution in [0, 0.1) is 5.92 Å². The van der Waals surface area contributed by atoms with Gasteiger partial charge in [0.1, 0.15) is 0 Å². The number of fused-ring (bicyclic) bond motifs is 1. The first kappa shape index (κ1) is 16.8. The molecule has 0 saturated carbocycles. The largest absolute Gasteiger partial charge is 0.393 e. The third kappa shape index (κ3) is 4.06. The number of benzene rings is 2. The Kier molecular flexibility index (Phi) is 5.36. The molecule has 24 heavy (non-hydrogen) atoms. The molecule has 0 unspecified atom stereocenters.